The summed E-state index contributed by atoms with van der Waals surface area (Å²) in [5.41, 5.74) is 9.81. The highest BCUT2D eigenvalue weighted by atomic mass is 16.1. The summed E-state index contributed by atoms with van der Waals surface area (Å²) in [6.45, 7) is 0.542. The smallest absolute Gasteiger partial charge is 0.267 e. The second-order valence-corrected chi connectivity index (χ2v) is 5.99. The number of amides is 1. The fourth-order valence-electron chi connectivity index (χ4n) is 2.59. The molecule has 0 bridgehead atoms. The van der Waals surface area contributed by atoms with Crippen LogP contribution in [0.3, 0.4) is 0 Å². The van der Waals surface area contributed by atoms with Gasteiger partial charge in [0.2, 0.25) is 0 Å². The second-order valence-electron chi connectivity index (χ2n) is 5.99. The van der Waals surface area contributed by atoms with Crippen molar-refractivity contribution in [2.24, 2.45) is 5.73 Å². The molecule has 4 N–H and O–H groups in total. The molecule has 0 saturated carbocycles. The number of pyridine rings is 1. The van der Waals surface area contributed by atoms with Gasteiger partial charge in [0.15, 0.2) is 0 Å². The van der Waals surface area contributed by atoms with Gasteiger partial charge >= 0.3 is 0 Å². The Morgan fingerprint density at radius 2 is 1.81 bits per heavy atom. The minimum atomic E-state index is -0.541. The largest absolute Gasteiger partial charge is 0.387 e. The third kappa shape index (κ3) is 4.89. The van der Waals surface area contributed by atoms with Crippen molar-refractivity contribution in [3.8, 4) is 11.1 Å². The number of carbonyl (C=O) groups excluding carboxylic acids is 1. The second kappa shape index (κ2) is 8.58. The van der Waals surface area contributed by atoms with Gasteiger partial charge in [-0.15, -0.1) is 0 Å². The van der Waals surface area contributed by atoms with Gasteiger partial charge in [0, 0.05) is 18.3 Å². The van der Waals surface area contributed by atoms with Gasteiger partial charge in [-0.3, -0.25) is 9.78 Å². The molecule has 2 aromatic carbocycles. The van der Waals surface area contributed by atoms with Crippen molar-refractivity contribution >= 4 is 11.6 Å². The summed E-state index contributed by atoms with van der Waals surface area (Å²) in [7, 11) is 0. The lowest BCUT2D eigenvalue weighted by Crippen LogP contribution is -2.13. The first-order valence-electron chi connectivity index (χ1n) is 8.52. The molecule has 1 aromatic heterocycles. The molecule has 0 spiro atoms. The lowest BCUT2D eigenvalue weighted by molar-refractivity contribution is 0.0995. The number of carbonyl (C=O) groups is 1. The molecule has 0 fully saturated rings. The standard InChI is InChI=1S/C22H20N4O/c23-20(11-12-25-14-16-9-10-21(22(24)27)26-15-16)19-8-4-7-18(13-19)17-5-2-1-3-6-17/h1-13,15,23,25H,14H2,(H2,24,27)/b12-11-,23-20?. The Balaban J connectivity index is 1.59. The van der Waals surface area contributed by atoms with Gasteiger partial charge in [0.1, 0.15) is 5.69 Å². The average Bonchev–Trinajstić information content (AvgIpc) is 2.72. The van der Waals surface area contributed by atoms with Crippen LogP contribution in [0.2, 0.25) is 0 Å². The maximum absolute atomic E-state index is 11.0. The van der Waals surface area contributed by atoms with Crippen molar-refractivity contribution in [2.45, 2.75) is 6.54 Å². The van der Waals surface area contributed by atoms with Crippen LogP contribution in [0.1, 0.15) is 21.6 Å². The Bertz CT molecular complexity index is 963. The molecule has 0 atom stereocenters. The molecular weight excluding hydrogens is 336 g/mol. The molecule has 5 heteroatoms. The maximum Gasteiger partial charge on any atom is 0.267 e. The number of benzene rings is 2. The molecule has 3 aromatic rings. The van der Waals surface area contributed by atoms with Crippen molar-refractivity contribution in [2.75, 3.05) is 0 Å². The lowest BCUT2D eigenvalue weighted by atomic mass is 10.0. The topological polar surface area (TPSA) is 91.9 Å². The summed E-state index contributed by atoms with van der Waals surface area (Å²) in [4.78, 5) is 15.0. The molecule has 0 aliphatic rings. The minimum Gasteiger partial charge on any atom is -0.387 e. The number of aromatic nitrogens is 1. The van der Waals surface area contributed by atoms with Crippen LogP contribution in [-0.4, -0.2) is 16.6 Å². The summed E-state index contributed by atoms with van der Waals surface area (Å²) >= 11 is 0. The Kier molecular flexibility index (Phi) is 5.74. The van der Waals surface area contributed by atoms with E-state index in [2.05, 4.69) is 22.4 Å². The summed E-state index contributed by atoms with van der Waals surface area (Å²) in [6, 6.07) is 21.4. The first-order valence-corrected chi connectivity index (χ1v) is 8.52. The number of rotatable bonds is 7. The highest BCUT2D eigenvalue weighted by Gasteiger charge is 2.02. The molecule has 3 rings (SSSR count). The highest BCUT2D eigenvalue weighted by molar-refractivity contribution is 6.07. The van der Waals surface area contributed by atoms with Gasteiger partial charge < -0.3 is 16.5 Å². The molecule has 134 valence electrons. The van der Waals surface area contributed by atoms with Gasteiger partial charge in [0.05, 0.1) is 5.71 Å². The molecular formula is C22H20N4O. The van der Waals surface area contributed by atoms with E-state index in [4.69, 9.17) is 11.1 Å². The average molecular weight is 356 g/mol. The predicted octanol–water partition coefficient (Wildman–Crippen LogP) is 3.52. The molecule has 0 aliphatic heterocycles. The van der Waals surface area contributed by atoms with Crippen LogP contribution in [-0.2, 0) is 6.54 Å². The number of nitrogens with zero attached hydrogens (tertiary/aromatic N) is 1. The SMILES string of the molecule is N=C(/C=C\NCc1ccc(C(N)=O)nc1)c1cccc(-c2ccccc2)c1. The molecule has 0 saturated heterocycles. The summed E-state index contributed by atoms with van der Waals surface area (Å²) in [6.07, 6.45) is 5.06. The van der Waals surface area contributed by atoms with Crippen LogP contribution in [0, 0.1) is 5.41 Å². The third-order valence-corrected chi connectivity index (χ3v) is 4.03. The van der Waals surface area contributed by atoms with E-state index in [1.165, 1.54) is 0 Å². The van der Waals surface area contributed by atoms with Crippen LogP contribution in [0.15, 0.2) is 85.2 Å². The van der Waals surface area contributed by atoms with Crippen molar-refractivity contribution in [1.29, 1.82) is 5.41 Å². The van der Waals surface area contributed by atoms with Gasteiger partial charge in [-0.1, -0.05) is 54.6 Å². The van der Waals surface area contributed by atoms with Crippen LogP contribution < -0.4 is 11.1 Å². The van der Waals surface area contributed by atoms with Crippen LogP contribution >= 0.6 is 0 Å². The number of hydrogen-bond donors (Lipinski definition) is 3. The molecule has 0 radical (unpaired) electrons. The lowest BCUT2D eigenvalue weighted by Gasteiger charge is -2.05. The number of nitrogens with one attached hydrogen (secondary N) is 2. The van der Waals surface area contributed by atoms with E-state index in [1.54, 1.807) is 30.6 Å². The number of nitrogens with two attached hydrogens (primary N) is 1. The zero-order chi connectivity index (χ0) is 19.1. The summed E-state index contributed by atoms with van der Waals surface area (Å²) in [5, 5.41) is 11.4. The normalized spacial score (nSPS) is 10.7. The van der Waals surface area contributed by atoms with Crippen LogP contribution in [0.5, 0.6) is 0 Å². The molecule has 5 nitrogen and oxygen atoms in total. The Hall–Kier alpha value is -3.73. The Labute approximate surface area is 158 Å². The van der Waals surface area contributed by atoms with Crippen LogP contribution in [0.25, 0.3) is 11.1 Å². The van der Waals surface area contributed by atoms with Gasteiger partial charge in [-0.2, -0.15) is 0 Å². The van der Waals surface area contributed by atoms with E-state index in [0.717, 1.165) is 22.3 Å². The monoisotopic (exact) mass is 356 g/mol. The number of hydrogen-bond acceptors (Lipinski definition) is 4. The highest BCUT2D eigenvalue weighted by Crippen LogP contribution is 2.20. The minimum absolute atomic E-state index is 0.245. The zero-order valence-corrected chi connectivity index (χ0v) is 14.7. The Morgan fingerprint density at radius 1 is 1.04 bits per heavy atom. The third-order valence-electron chi connectivity index (χ3n) is 4.03. The van der Waals surface area contributed by atoms with Gasteiger partial charge in [0.25, 0.3) is 5.91 Å². The molecule has 27 heavy (non-hydrogen) atoms. The summed E-state index contributed by atoms with van der Waals surface area (Å²) < 4.78 is 0. The molecule has 0 aliphatic carbocycles. The van der Waals surface area contributed by atoms with Crippen molar-refractivity contribution in [1.82, 2.24) is 10.3 Å². The first-order chi connectivity index (χ1) is 13.1. The quantitative estimate of drug-likeness (QED) is 0.566. The summed E-state index contributed by atoms with van der Waals surface area (Å²) in [5.74, 6) is -0.541. The molecule has 0 unspecified atom stereocenters. The van der Waals surface area contributed by atoms with Crippen LogP contribution in [0.4, 0.5) is 0 Å². The molecule has 1 heterocycles. The van der Waals surface area contributed by atoms with Gasteiger partial charge in [-0.05, 0) is 41.1 Å². The molecule has 1 amide bonds. The fraction of sp³-hybridized carbons (Fsp3) is 0.0455. The van der Waals surface area contributed by atoms with E-state index in [-0.39, 0.29) is 5.69 Å². The van der Waals surface area contributed by atoms with E-state index in [0.29, 0.717) is 12.3 Å². The van der Waals surface area contributed by atoms with Crippen molar-refractivity contribution < 1.29 is 4.79 Å². The number of allylic oxidation sites excluding steroid dienone is 1. The Morgan fingerprint density at radius 3 is 2.52 bits per heavy atom. The zero-order valence-electron chi connectivity index (χ0n) is 14.7. The number of primary amides is 1. The van der Waals surface area contributed by atoms with E-state index in [9.17, 15) is 4.79 Å². The van der Waals surface area contributed by atoms with E-state index >= 15 is 0 Å². The predicted molar refractivity (Wildman–Crippen MR) is 107 cm³/mol. The van der Waals surface area contributed by atoms with E-state index < -0.39 is 5.91 Å². The van der Waals surface area contributed by atoms with Gasteiger partial charge in [-0.25, -0.2) is 0 Å². The fourth-order valence-corrected chi connectivity index (χ4v) is 2.59. The first kappa shape index (κ1) is 18.1. The maximum atomic E-state index is 11.0. The van der Waals surface area contributed by atoms with Crippen molar-refractivity contribution in [3.63, 3.8) is 0 Å². The van der Waals surface area contributed by atoms with Crippen molar-refractivity contribution in [3.05, 3.63) is 102 Å². The van der Waals surface area contributed by atoms with E-state index in [1.807, 2.05) is 42.5 Å².